The zero-order valence-corrected chi connectivity index (χ0v) is 75.4. The molecular formula is C103H143N2O19P. The van der Waals surface area contributed by atoms with Crippen LogP contribution >= 0.6 is 7.82 Å². The first-order chi connectivity index (χ1) is 61.2. The molecule has 2 fully saturated rings. The van der Waals surface area contributed by atoms with Crippen molar-refractivity contribution in [2.75, 3.05) is 13.2 Å². The third kappa shape index (κ3) is 38.2. The number of carboxylic acids is 1. The lowest BCUT2D eigenvalue weighted by Crippen LogP contribution is -2.75. The number of ether oxygens (including phenoxy) is 9. The first-order valence-corrected chi connectivity index (χ1v) is 48.2. The van der Waals surface area contributed by atoms with Crippen molar-refractivity contribution in [3.8, 4) is 0 Å². The second kappa shape index (κ2) is 59.3. The molecule has 0 aromatic heterocycles. The number of nitrogens with one attached hydrogen (secondary N) is 2. The van der Waals surface area contributed by atoms with Crippen LogP contribution in [0, 0.1) is 0 Å². The molecule has 21 nitrogen and oxygen atoms in total. The van der Waals surface area contributed by atoms with Gasteiger partial charge >= 0.3 is 19.8 Å². The summed E-state index contributed by atoms with van der Waals surface area (Å²) in [7, 11) is -4.83. The molecule has 7 aromatic rings. The molecule has 2 amide bonds. The van der Waals surface area contributed by atoms with Crippen LogP contribution in [0.1, 0.15) is 272 Å². The summed E-state index contributed by atoms with van der Waals surface area (Å²) >= 11 is 0. The summed E-state index contributed by atoms with van der Waals surface area (Å²) in [4.78, 5) is 59.3. The van der Waals surface area contributed by atoms with Gasteiger partial charge in [0.25, 0.3) is 0 Å². The number of carbonyl (C=O) groups excluding carboxylic acids is 3. The number of rotatable bonds is 66. The van der Waals surface area contributed by atoms with Gasteiger partial charge in [-0.05, 0) is 64.6 Å². The summed E-state index contributed by atoms with van der Waals surface area (Å²) in [5, 5.41) is 30.8. The summed E-state index contributed by atoms with van der Waals surface area (Å²) in [5.41, 5.74) is 2.92. The SMILES string of the molecule is CCCCCCCCCCCC(=O)O[C@H](CCCCCCCCCCC)CC(=O)N[C@@H]1[C@H](OC[C@H]2O[C@H](O)[C@@](CC(=O)O)(NC(=O)C[C@@H](CCCCCCCCCCC)OCc3ccccc3)[C@@H](OCc3ccccc3)[C@@H]2OCc2ccccc2)O[C@H](COCc2ccccc2)[C@@H](OP(=O)(OCc2ccccc2)OCc2ccccc2)[C@@H]1OCc1ccccc1. The number of carbonyl (C=O) groups is 4. The fraction of sp³-hybridized carbons (Fsp3) is 0.553. The number of aliphatic hydroxyl groups is 1. The van der Waals surface area contributed by atoms with E-state index in [1.807, 2.05) is 212 Å². The summed E-state index contributed by atoms with van der Waals surface area (Å²) < 4.78 is 98.5. The van der Waals surface area contributed by atoms with E-state index in [1.54, 1.807) is 0 Å². The van der Waals surface area contributed by atoms with Gasteiger partial charge in [0.05, 0.1) is 84.8 Å². The Hall–Kier alpha value is -7.83. The van der Waals surface area contributed by atoms with Gasteiger partial charge in [0.1, 0.15) is 54.3 Å². The van der Waals surface area contributed by atoms with E-state index in [0.29, 0.717) is 47.9 Å². The number of aliphatic carboxylic acids is 1. The molecule has 2 aliphatic heterocycles. The average molecular weight is 1740 g/mol. The Balaban J connectivity index is 1.12. The van der Waals surface area contributed by atoms with Crippen LogP contribution in [0.2, 0.25) is 0 Å². The van der Waals surface area contributed by atoms with E-state index in [1.165, 1.54) is 70.6 Å². The molecule has 125 heavy (non-hydrogen) atoms. The van der Waals surface area contributed by atoms with Gasteiger partial charge in [-0.1, -0.05) is 394 Å². The van der Waals surface area contributed by atoms with Gasteiger partial charge < -0.3 is 63.5 Å². The minimum absolute atomic E-state index is 0.0768. The number of aliphatic hydroxyl groups excluding tert-OH is 1. The van der Waals surface area contributed by atoms with Crippen molar-refractivity contribution in [3.05, 3.63) is 251 Å². The molecule has 0 aliphatic carbocycles. The third-order valence-electron chi connectivity index (χ3n) is 23.3. The predicted octanol–water partition coefficient (Wildman–Crippen LogP) is 22.2. The molecule has 0 spiro atoms. The van der Waals surface area contributed by atoms with E-state index in [0.717, 1.165) is 107 Å². The Morgan fingerprint density at radius 1 is 0.408 bits per heavy atom. The molecule has 0 saturated carbocycles. The van der Waals surface area contributed by atoms with Crippen LogP contribution in [0.4, 0.5) is 0 Å². The average Bonchev–Trinajstić information content (AvgIpc) is 0.745. The summed E-state index contributed by atoms with van der Waals surface area (Å²) in [6.07, 6.45) is 14.9. The molecule has 2 heterocycles. The number of amides is 2. The lowest BCUT2D eigenvalue weighted by molar-refractivity contribution is -0.324. The third-order valence-corrected chi connectivity index (χ3v) is 24.7. The van der Waals surface area contributed by atoms with Crippen molar-refractivity contribution in [1.82, 2.24) is 10.6 Å². The summed E-state index contributed by atoms with van der Waals surface area (Å²) in [5.74, 6) is -2.97. The summed E-state index contributed by atoms with van der Waals surface area (Å²) in [6, 6.07) is 64.1. The van der Waals surface area contributed by atoms with Crippen LogP contribution in [0.15, 0.2) is 212 Å². The van der Waals surface area contributed by atoms with Crippen molar-refractivity contribution in [2.45, 2.75) is 352 Å². The molecule has 0 unspecified atom stereocenters. The minimum atomic E-state index is -4.83. The number of hydrogen-bond donors (Lipinski definition) is 4. The standard InChI is InChI=1S/C103H143N2O19P/c1-4-7-10-13-16-19-22-25-49-66-88(114-73-82-54-37-29-38-55-82)69-93(107)105-103(71-94(108)109)100(117-76-85-60-43-32-44-61-85)98(115-74-83-56-39-30-40-57-83)91(123-102(103)111)80-118-101-96(104-92(106)70-89(67-50-26-23-20-17-14-11-8-5-2)121-95(110)68-51-27-24-21-18-15-12-9-6-3)99(116-75-84-58-41-31-42-59-84)97(90(122-101)79-113-72-81-52-35-28-36-53-81)124-125(112,119-77-86-62-45-33-46-63-86)120-78-87-64-47-34-48-65-87/h28-48,52-65,88-91,96-102,111H,4-27,49-51,66-80H2,1-3H3,(H,104,106)(H,105,107)(H,108,109)/t88-,89-,90-,91-,96+,97-,98-,99-,100+,101-,102+,103+/m1/s1. The molecule has 12 atom stereocenters. The van der Waals surface area contributed by atoms with Crippen LogP contribution < -0.4 is 10.6 Å². The topological polar surface area (TPSA) is 261 Å². The number of carboxylic acid groups (broad SMARTS) is 1. The molecule has 0 radical (unpaired) electrons. The van der Waals surface area contributed by atoms with Gasteiger partial charge in [0, 0.05) is 6.42 Å². The Labute approximate surface area is 744 Å². The van der Waals surface area contributed by atoms with Crippen LogP contribution in [0.3, 0.4) is 0 Å². The Morgan fingerprint density at radius 3 is 1.23 bits per heavy atom. The normalized spacial score (nSPS) is 20.0. The van der Waals surface area contributed by atoms with Gasteiger partial charge in [0.15, 0.2) is 12.6 Å². The molecular weight excluding hydrogens is 1600 g/mol. The lowest BCUT2D eigenvalue weighted by atomic mass is 9.79. The number of esters is 1. The minimum Gasteiger partial charge on any atom is -0.481 e. The molecule has 22 heteroatoms. The van der Waals surface area contributed by atoms with E-state index in [4.69, 9.17) is 56.2 Å². The van der Waals surface area contributed by atoms with Crippen molar-refractivity contribution in [1.29, 1.82) is 0 Å². The molecule has 9 rings (SSSR count). The maximum Gasteiger partial charge on any atom is 0.475 e. The molecule has 2 saturated heterocycles. The van der Waals surface area contributed by atoms with Crippen LogP contribution in [0.25, 0.3) is 0 Å². The van der Waals surface area contributed by atoms with Crippen LogP contribution in [0.5, 0.6) is 0 Å². The highest BCUT2D eigenvalue weighted by molar-refractivity contribution is 7.48. The highest BCUT2D eigenvalue weighted by Crippen LogP contribution is 2.54. The van der Waals surface area contributed by atoms with E-state index in [-0.39, 0.29) is 78.1 Å². The van der Waals surface area contributed by atoms with Crippen molar-refractivity contribution >= 4 is 31.6 Å². The van der Waals surface area contributed by atoms with Gasteiger partial charge in [-0.2, -0.15) is 0 Å². The Kier molecular flexibility index (Phi) is 47.9. The second-order valence-corrected chi connectivity index (χ2v) is 35.3. The highest BCUT2D eigenvalue weighted by Gasteiger charge is 2.60. The zero-order valence-electron chi connectivity index (χ0n) is 74.5. The highest BCUT2D eigenvalue weighted by atomic mass is 31.2. The second-order valence-electron chi connectivity index (χ2n) is 33.7. The Bertz CT molecular complexity index is 4010. The lowest BCUT2D eigenvalue weighted by Gasteiger charge is -2.52. The van der Waals surface area contributed by atoms with Crippen LogP contribution in [-0.2, 0) is 126 Å². The number of benzene rings is 7. The molecule has 684 valence electrons. The number of hydrogen-bond acceptors (Lipinski definition) is 18. The van der Waals surface area contributed by atoms with Gasteiger partial charge in [-0.15, -0.1) is 0 Å². The first kappa shape index (κ1) is 101. The van der Waals surface area contributed by atoms with Crippen molar-refractivity contribution in [2.24, 2.45) is 0 Å². The predicted molar refractivity (Wildman–Crippen MR) is 486 cm³/mol. The molecule has 0 bridgehead atoms. The maximum absolute atomic E-state index is 16.2. The fourth-order valence-corrected chi connectivity index (χ4v) is 17.7. The van der Waals surface area contributed by atoms with Crippen LogP contribution in [-0.4, -0.2) is 120 Å². The van der Waals surface area contributed by atoms with E-state index in [9.17, 15) is 19.8 Å². The molecule has 4 N–H and O–H groups in total. The van der Waals surface area contributed by atoms with Crippen molar-refractivity contribution in [3.63, 3.8) is 0 Å². The quantitative estimate of drug-likeness (QED) is 0.0157. The monoisotopic (exact) mass is 1740 g/mol. The van der Waals surface area contributed by atoms with E-state index in [2.05, 4.69) is 31.4 Å². The van der Waals surface area contributed by atoms with Gasteiger partial charge in [-0.3, -0.25) is 32.7 Å². The van der Waals surface area contributed by atoms with Gasteiger partial charge in [0.2, 0.25) is 11.8 Å². The number of unbranched alkanes of at least 4 members (excludes halogenated alkanes) is 24. The first-order valence-electron chi connectivity index (χ1n) is 46.7. The van der Waals surface area contributed by atoms with Gasteiger partial charge in [-0.25, -0.2) is 4.57 Å². The smallest absolute Gasteiger partial charge is 0.475 e. The number of phosphoric acid groups is 1. The molecule has 7 aromatic carbocycles. The fourth-order valence-electron chi connectivity index (χ4n) is 16.3. The number of phosphoric ester groups is 1. The Morgan fingerprint density at radius 2 is 0.784 bits per heavy atom. The van der Waals surface area contributed by atoms with Crippen molar-refractivity contribution < 1.29 is 90.2 Å². The van der Waals surface area contributed by atoms with E-state index >= 15 is 14.2 Å². The largest absolute Gasteiger partial charge is 0.481 e. The maximum atomic E-state index is 16.2. The molecule has 2 aliphatic rings. The van der Waals surface area contributed by atoms with E-state index < -0.39 is 112 Å². The zero-order chi connectivity index (χ0) is 88.0. The summed E-state index contributed by atoms with van der Waals surface area (Å²) in [6.45, 7) is 5.32.